The van der Waals surface area contributed by atoms with Gasteiger partial charge >= 0.3 is 0 Å². The van der Waals surface area contributed by atoms with E-state index in [2.05, 4.69) is 9.97 Å². The molecule has 3 rings (SSSR count). The number of fused-ring (bicyclic) bond motifs is 1. The van der Waals surface area contributed by atoms with E-state index in [1.54, 1.807) is 18.5 Å². The van der Waals surface area contributed by atoms with Gasteiger partial charge < -0.3 is 15.1 Å². The van der Waals surface area contributed by atoms with Crippen LogP contribution >= 0.6 is 12.4 Å². The fourth-order valence-corrected chi connectivity index (χ4v) is 2.46. The van der Waals surface area contributed by atoms with Crippen molar-refractivity contribution >= 4 is 29.3 Å². The second kappa shape index (κ2) is 5.61. The zero-order valence-electron chi connectivity index (χ0n) is 11.8. The van der Waals surface area contributed by atoms with Gasteiger partial charge in [0.25, 0.3) is 5.91 Å². The molecule has 21 heavy (non-hydrogen) atoms. The molecule has 2 heterocycles. The van der Waals surface area contributed by atoms with Crippen LogP contribution in [0.4, 0.5) is 0 Å². The second-order valence-electron chi connectivity index (χ2n) is 4.84. The van der Waals surface area contributed by atoms with Gasteiger partial charge in [-0.1, -0.05) is 6.07 Å². The summed E-state index contributed by atoms with van der Waals surface area (Å²) >= 11 is 0. The molecule has 0 spiro atoms. The largest absolute Gasteiger partial charge is 0.460 e. The highest BCUT2D eigenvalue weighted by Gasteiger charge is 2.18. The maximum Gasteiger partial charge on any atom is 0.252 e. The third-order valence-corrected chi connectivity index (χ3v) is 3.58. The van der Waals surface area contributed by atoms with Crippen LogP contribution < -0.4 is 5.73 Å². The first-order valence-electron chi connectivity index (χ1n) is 6.37. The number of nitrogens with one attached hydrogen (secondary N) is 1. The van der Waals surface area contributed by atoms with Crippen molar-refractivity contribution < 1.29 is 9.21 Å². The zero-order valence-corrected chi connectivity index (χ0v) is 12.6. The summed E-state index contributed by atoms with van der Waals surface area (Å²) in [5, 5.41) is 0.954. The minimum Gasteiger partial charge on any atom is -0.460 e. The van der Waals surface area contributed by atoms with Gasteiger partial charge in [0.1, 0.15) is 17.2 Å². The van der Waals surface area contributed by atoms with Crippen molar-refractivity contribution in [2.24, 2.45) is 5.73 Å². The van der Waals surface area contributed by atoms with E-state index in [0.29, 0.717) is 17.6 Å². The summed E-state index contributed by atoms with van der Waals surface area (Å²) in [6.07, 6.45) is 4.16. The maximum atomic E-state index is 11.5. The van der Waals surface area contributed by atoms with Crippen LogP contribution in [0.3, 0.4) is 0 Å². The third-order valence-electron chi connectivity index (χ3n) is 3.58. The molecule has 0 aliphatic rings. The molecule has 0 aliphatic carbocycles. The summed E-state index contributed by atoms with van der Waals surface area (Å²) in [6, 6.07) is 3.62. The first-order valence-corrected chi connectivity index (χ1v) is 6.37. The monoisotopic (exact) mass is 305 g/mol. The lowest BCUT2D eigenvalue weighted by molar-refractivity contribution is 0.100. The average Bonchev–Trinajstić information content (AvgIpc) is 2.99. The molecule has 3 aromatic rings. The number of benzene rings is 1. The van der Waals surface area contributed by atoms with E-state index in [4.69, 9.17) is 10.2 Å². The summed E-state index contributed by atoms with van der Waals surface area (Å²) in [6.45, 7) is 3.87. The highest BCUT2D eigenvalue weighted by Crippen LogP contribution is 2.31. The number of aromatic amines is 1. The number of nitrogens with two attached hydrogens (primary N) is 1. The normalized spacial score (nSPS) is 10.6. The van der Waals surface area contributed by atoms with Gasteiger partial charge in [0.05, 0.1) is 5.56 Å². The van der Waals surface area contributed by atoms with Crippen molar-refractivity contribution in [2.75, 3.05) is 0 Å². The van der Waals surface area contributed by atoms with Crippen LogP contribution in [-0.2, 0) is 6.42 Å². The molecule has 6 heteroatoms. The van der Waals surface area contributed by atoms with Crippen LogP contribution in [0.25, 0.3) is 11.0 Å². The third kappa shape index (κ3) is 2.52. The minimum absolute atomic E-state index is 0. The van der Waals surface area contributed by atoms with Crippen LogP contribution in [-0.4, -0.2) is 15.9 Å². The van der Waals surface area contributed by atoms with E-state index < -0.39 is 5.91 Å². The summed E-state index contributed by atoms with van der Waals surface area (Å²) < 4.78 is 5.72. The predicted molar refractivity (Wildman–Crippen MR) is 82.8 cm³/mol. The lowest BCUT2D eigenvalue weighted by Crippen LogP contribution is -2.11. The number of aryl methyl sites for hydroxylation is 2. The van der Waals surface area contributed by atoms with Gasteiger partial charge in [0.15, 0.2) is 0 Å². The second-order valence-corrected chi connectivity index (χ2v) is 4.84. The number of hydrogen-bond acceptors (Lipinski definition) is 3. The molecule has 5 nitrogen and oxygen atoms in total. The number of aromatic nitrogens is 2. The number of H-pyrrole nitrogens is 1. The van der Waals surface area contributed by atoms with Gasteiger partial charge in [0, 0.05) is 24.2 Å². The Morgan fingerprint density at radius 3 is 2.76 bits per heavy atom. The molecule has 1 aromatic carbocycles. The topological polar surface area (TPSA) is 84.9 Å². The van der Waals surface area contributed by atoms with Crippen LogP contribution in [0.1, 0.15) is 33.1 Å². The first kappa shape index (κ1) is 15.1. The summed E-state index contributed by atoms with van der Waals surface area (Å²) in [4.78, 5) is 18.8. The van der Waals surface area contributed by atoms with Gasteiger partial charge in [0.2, 0.25) is 0 Å². The molecule has 0 unspecified atom stereocenters. The highest BCUT2D eigenvalue weighted by atomic mass is 35.5. The van der Waals surface area contributed by atoms with E-state index in [9.17, 15) is 4.79 Å². The molecule has 3 N–H and O–H groups in total. The molecule has 0 radical (unpaired) electrons. The summed E-state index contributed by atoms with van der Waals surface area (Å²) in [7, 11) is 0. The Hall–Kier alpha value is -2.27. The van der Waals surface area contributed by atoms with Crippen LogP contribution in [0.2, 0.25) is 0 Å². The molecular formula is C15H16ClN3O2. The maximum absolute atomic E-state index is 11.5. The van der Waals surface area contributed by atoms with Gasteiger partial charge in [-0.15, -0.1) is 12.4 Å². The number of nitrogens with zero attached hydrogens (tertiary/aromatic N) is 1. The van der Waals surface area contributed by atoms with E-state index in [-0.39, 0.29) is 12.4 Å². The van der Waals surface area contributed by atoms with Crippen molar-refractivity contribution in [2.45, 2.75) is 20.3 Å². The van der Waals surface area contributed by atoms with Crippen molar-refractivity contribution in [1.82, 2.24) is 9.97 Å². The molecule has 0 saturated carbocycles. The fourth-order valence-electron chi connectivity index (χ4n) is 2.46. The van der Waals surface area contributed by atoms with Crippen LogP contribution in [0.5, 0.6) is 0 Å². The number of carbonyl (C=O) groups is 1. The van der Waals surface area contributed by atoms with Crippen molar-refractivity contribution in [3.05, 3.63) is 52.8 Å². The zero-order chi connectivity index (χ0) is 14.3. The Kier molecular flexibility index (Phi) is 4.04. The molecule has 2 aromatic heterocycles. The number of carbonyl (C=O) groups excluding carboxylic acids is 1. The molecule has 0 fully saturated rings. The molecule has 0 saturated heterocycles. The molecule has 0 atom stereocenters. The number of amides is 1. The molecule has 1 amide bonds. The molecule has 0 bridgehead atoms. The molecular weight excluding hydrogens is 290 g/mol. The van der Waals surface area contributed by atoms with Crippen LogP contribution in [0.15, 0.2) is 28.9 Å². The minimum atomic E-state index is -0.478. The number of halogens is 1. The number of hydrogen-bond donors (Lipinski definition) is 2. The van der Waals surface area contributed by atoms with E-state index >= 15 is 0 Å². The van der Waals surface area contributed by atoms with E-state index in [0.717, 1.165) is 28.1 Å². The lowest BCUT2D eigenvalue weighted by atomic mass is 9.99. The Balaban J connectivity index is 0.00000161. The fraction of sp³-hybridized carbons (Fsp3) is 0.200. The smallest absolute Gasteiger partial charge is 0.252 e. The Morgan fingerprint density at radius 1 is 1.38 bits per heavy atom. The van der Waals surface area contributed by atoms with E-state index in [1.807, 2.05) is 19.9 Å². The Bertz CT molecular complexity index is 791. The average molecular weight is 306 g/mol. The SMILES string of the molecule is Cc1oc2c(C(N)=O)ccc(Cc3ncc[nH]3)c2c1C.Cl. The molecule has 110 valence electrons. The van der Waals surface area contributed by atoms with E-state index in [1.165, 1.54) is 0 Å². The Morgan fingerprint density at radius 2 is 2.14 bits per heavy atom. The van der Waals surface area contributed by atoms with Gasteiger partial charge in [-0.3, -0.25) is 4.79 Å². The first-order chi connectivity index (χ1) is 9.58. The van der Waals surface area contributed by atoms with Gasteiger partial charge in [-0.2, -0.15) is 0 Å². The highest BCUT2D eigenvalue weighted by molar-refractivity contribution is 6.06. The van der Waals surface area contributed by atoms with Gasteiger partial charge in [-0.05, 0) is 31.0 Å². The van der Waals surface area contributed by atoms with Crippen LogP contribution in [0, 0.1) is 13.8 Å². The lowest BCUT2D eigenvalue weighted by Gasteiger charge is -2.04. The summed E-state index contributed by atoms with van der Waals surface area (Å²) in [5.41, 5.74) is 8.49. The Labute approximate surface area is 128 Å². The molecule has 0 aliphatic heterocycles. The number of primary amides is 1. The number of rotatable bonds is 3. The quantitative estimate of drug-likeness (QED) is 0.780. The van der Waals surface area contributed by atoms with Gasteiger partial charge in [-0.25, -0.2) is 4.98 Å². The van der Waals surface area contributed by atoms with Crippen molar-refractivity contribution in [1.29, 1.82) is 0 Å². The standard InChI is InChI=1S/C15H15N3O2.ClH/c1-8-9(2)20-14-11(15(16)19)4-3-10(13(8)14)7-12-17-5-6-18-12;/h3-6H,7H2,1-2H3,(H2,16,19)(H,17,18);1H. The number of furan rings is 1. The van der Waals surface area contributed by atoms with Crippen molar-refractivity contribution in [3.63, 3.8) is 0 Å². The predicted octanol–water partition coefficient (Wildman–Crippen LogP) is 2.88. The number of imidazole rings is 1. The summed E-state index contributed by atoms with van der Waals surface area (Å²) in [5.74, 6) is 1.19. The van der Waals surface area contributed by atoms with Crippen molar-refractivity contribution in [3.8, 4) is 0 Å².